The molecule has 0 aromatic rings. The highest BCUT2D eigenvalue weighted by Gasteiger charge is 2.27. The maximum Gasteiger partial charge on any atom is 0.411 e. The number of halogens is 3. The molecule has 0 saturated carbocycles. The van der Waals surface area contributed by atoms with Gasteiger partial charge >= 0.3 is 6.18 Å². The van der Waals surface area contributed by atoms with Crippen molar-refractivity contribution in [1.29, 1.82) is 0 Å². The van der Waals surface area contributed by atoms with E-state index in [9.17, 15) is 13.2 Å². The van der Waals surface area contributed by atoms with Crippen LogP contribution in [0, 0.1) is 5.41 Å². The van der Waals surface area contributed by atoms with Gasteiger partial charge in [0.2, 0.25) is 0 Å². The minimum atomic E-state index is -4.21. The average Bonchev–Trinajstić information content (AvgIpc) is 2.14. The van der Waals surface area contributed by atoms with Crippen LogP contribution in [-0.4, -0.2) is 32.0 Å². The van der Waals surface area contributed by atoms with Gasteiger partial charge in [0, 0.05) is 12.6 Å². The van der Waals surface area contributed by atoms with Crippen LogP contribution >= 0.6 is 0 Å². The summed E-state index contributed by atoms with van der Waals surface area (Å²) in [7, 11) is 0. The Bertz CT molecular complexity index is 217. The minimum absolute atomic E-state index is 0.128. The van der Waals surface area contributed by atoms with Crippen molar-refractivity contribution in [2.45, 2.75) is 59.2 Å². The van der Waals surface area contributed by atoms with Gasteiger partial charge in [0.15, 0.2) is 0 Å². The van der Waals surface area contributed by atoms with Crippen LogP contribution in [0.3, 0.4) is 0 Å². The molecule has 0 bridgehead atoms. The molecule has 18 heavy (non-hydrogen) atoms. The third-order valence-electron chi connectivity index (χ3n) is 2.82. The summed E-state index contributed by atoms with van der Waals surface area (Å²) >= 11 is 0. The number of nitrogens with one attached hydrogen (secondary N) is 1. The van der Waals surface area contributed by atoms with Gasteiger partial charge in [-0.3, -0.25) is 0 Å². The standard InChI is InChI=1S/C13H26F3NO/c1-5-17-11(2)9-12(3,4)7-6-8-18-10-13(14,15)16/h11,17H,5-10H2,1-4H3. The lowest BCUT2D eigenvalue weighted by Gasteiger charge is -2.28. The van der Waals surface area contributed by atoms with Crippen molar-refractivity contribution in [1.82, 2.24) is 5.32 Å². The first kappa shape index (κ1) is 17.7. The highest BCUT2D eigenvalue weighted by Crippen LogP contribution is 2.28. The van der Waals surface area contributed by atoms with Crippen molar-refractivity contribution in [3.63, 3.8) is 0 Å². The Balaban J connectivity index is 3.70. The molecule has 0 rings (SSSR count). The van der Waals surface area contributed by atoms with Gasteiger partial charge in [0.1, 0.15) is 6.61 Å². The van der Waals surface area contributed by atoms with Gasteiger partial charge in [-0.2, -0.15) is 13.2 Å². The van der Waals surface area contributed by atoms with E-state index in [2.05, 4.69) is 37.7 Å². The minimum Gasteiger partial charge on any atom is -0.372 e. The summed E-state index contributed by atoms with van der Waals surface area (Å²) < 4.78 is 40.1. The molecule has 0 spiro atoms. The molecule has 0 aliphatic rings. The summed E-state index contributed by atoms with van der Waals surface area (Å²) in [6.45, 7) is 8.46. The molecule has 110 valence electrons. The fourth-order valence-corrected chi connectivity index (χ4v) is 2.19. The maximum absolute atomic E-state index is 11.8. The molecule has 1 N–H and O–H groups in total. The Morgan fingerprint density at radius 3 is 2.33 bits per heavy atom. The second-order valence-corrected chi connectivity index (χ2v) is 5.60. The topological polar surface area (TPSA) is 21.3 Å². The normalized spacial score (nSPS) is 14.8. The molecule has 0 saturated heterocycles. The van der Waals surface area contributed by atoms with E-state index in [0.717, 1.165) is 19.4 Å². The SMILES string of the molecule is CCNC(C)CC(C)(C)CCCOCC(F)(F)F. The van der Waals surface area contributed by atoms with Crippen LogP contribution in [0.2, 0.25) is 0 Å². The predicted octanol–water partition coefficient (Wildman–Crippen LogP) is 3.76. The predicted molar refractivity (Wildman–Crippen MR) is 67.6 cm³/mol. The van der Waals surface area contributed by atoms with Gasteiger partial charge < -0.3 is 10.1 Å². The summed E-state index contributed by atoms with van der Waals surface area (Å²) in [6.07, 6.45) is -1.66. The molecule has 0 aromatic heterocycles. The molecule has 1 unspecified atom stereocenters. The van der Waals surface area contributed by atoms with Crippen molar-refractivity contribution < 1.29 is 17.9 Å². The van der Waals surface area contributed by atoms with Crippen LogP contribution < -0.4 is 5.32 Å². The number of ether oxygens (including phenoxy) is 1. The summed E-state index contributed by atoms with van der Waals surface area (Å²) in [6, 6.07) is 0.432. The van der Waals surface area contributed by atoms with Crippen molar-refractivity contribution in [2.24, 2.45) is 5.41 Å². The molecule has 0 heterocycles. The van der Waals surface area contributed by atoms with Gasteiger partial charge in [-0.1, -0.05) is 20.8 Å². The van der Waals surface area contributed by atoms with E-state index in [0.29, 0.717) is 12.5 Å². The number of hydrogen-bond donors (Lipinski definition) is 1. The molecule has 0 radical (unpaired) electrons. The van der Waals surface area contributed by atoms with Gasteiger partial charge in [-0.15, -0.1) is 0 Å². The third kappa shape index (κ3) is 10.8. The summed E-state index contributed by atoms with van der Waals surface area (Å²) in [5.74, 6) is 0. The van der Waals surface area contributed by atoms with Crippen LogP contribution in [0.4, 0.5) is 13.2 Å². The average molecular weight is 269 g/mol. The molecule has 0 aliphatic carbocycles. The smallest absolute Gasteiger partial charge is 0.372 e. The Morgan fingerprint density at radius 1 is 1.22 bits per heavy atom. The molecular weight excluding hydrogens is 243 g/mol. The number of alkyl halides is 3. The first-order valence-electron chi connectivity index (χ1n) is 6.54. The van der Waals surface area contributed by atoms with Crippen molar-refractivity contribution >= 4 is 0 Å². The third-order valence-corrected chi connectivity index (χ3v) is 2.82. The van der Waals surface area contributed by atoms with Gasteiger partial charge in [-0.05, 0) is 38.1 Å². The lowest BCUT2D eigenvalue weighted by atomic mass is 9.82. The van der Waals surface area contributed by atoms with Crippen molar-refractivity contribution in [3.8, 4) is 0 Å². The van der Waals surface area contributed by atoms with E-state index >= 15 is 0 Å². The zero-order valence-electron chi connectivity index (χ0n) is 11.9. The van der Waals surface area contributed by atoms with E-state index in [4.69, 9.17) is 0 Å². The van der Waals surface area contributed by atoms with Crippen LogP contribution in [0.1, 0.15) is 47.0 Å². The quantitative estimate of drug-likeness (QED) is 0.643. The number of rotatable bonds is 9. The second-order valence-electron chi connectivity index (χ2n) is 5.60. The molecule has 5 heteroatoms. The first-order valence-corrected chi connectivity index (χ1v) is 6.54. The molecular formula is C13H26F3NO. The van der Waals surface area contributed by atoms with E-state index in [-0.39, 0.29) is 12.0 Å². The Morgan fingerprint density at radius 2 is 1.83 bits per heavy atom. The summed E-state index contributed by atoms with van der Waals surface area (Å²) in [4.78, 5) is 0. The zero-order chi connectivity index (χ0) is 14.2. The van der Waals surface area contributed by atoms with Gasteiger partial charge in [0.25, 0.3) is 0 Å². The van der Waals surface area contributed by atoms with Crippen LogP contribution in [-0.2, 0) is 4.74 Å². The second kappa shape index (κ2) is 8.00. The molecule has 0 aromatic carbocycles. The maximum atomic E-state index is 11.8. The Labute approximate surface area is 108 Å². The highest BCUT2D eigenvalue weighted by atomic mass is 19.4. The largest absolute Gasteiger partial charge is 0.411 e. The Kier molecular flexibility index (Phi) is 7.87. The number of hydrogen-bond acceptors (Lipinski definition) is 2. The molecule has 1 atom stereocenters. The summed E-state index contributed by atoms with van der Waals surface area (Å²) in [5, 5.41) is 3.34. The monoisotopic (exact) mass is 269 g/mol. The van der Waals surface area contributed by atoms with E-state index in [1.165, 1.54) is 0 Å². The van der Waals surface area contributed by atoms with Gasteiger partial charge in [-0.25, -0.2) is 0 Å². The van der Waals surface area contributed by atoms with E-state index < -0.39 is 12.8 Å². The van der Waals surface area contributed by atoms with Crippen LogP contribution in [0.5, 0.6) is 0 Å². The van der Waals surface area contributed by atoms with Crippen LogP contribution in [0.25, 0.3) is 0 Å². The van der Waals surface area contributed by atoms with Gasteiger partial charge in [0.05, 0.1) is 0 Å². The molecule has 0 aliphatic heterocycles. The fourth-order valence-electron chi connectivity index (χ4n) is 2.19. The van der Waals surface area contributed by atoms with E-state index in [1.807, 2.05) is 0 Å². The lowest BCUT2D eigenvalue weighted by Crippen LogP contribution is -2.31. The Hall–Kier alpha value is -0.290. The lowest BCUT2D eigenvalue weighted by molar-refractivity contribution is -0.174. The summed E-state index contributed by atoms with van der Waals surface area (Å²) in [5.41, 5.74) is 0.128. The van der Waals surface area contributed by atoms with E-state index in [1.54, 1.807) is 0 Å². The van der Waals surface area contributed by atoms with Crippen molar-refractivity contribution in [2.75, 3.05) is 19.8 Å². The first-order chi connectivity index (χ1) is 8.16. The molecule has 0 amide bonds. The highest BCUT2D eigenvalue weighted by molar-refractivity contribution is 4.74. The van der Waals surface area contributed by atoms with Crippen LogP contribution in [0.15, 0.2) is 0 Å². The fraction of sp³-hybridized carbons (Fsp3) is 1.00. The molecule has 2 nitrogen and oxygen atoms in total. The van der Waals surface area contributed by atoms with Crippen molar-refractivity contribution in [3.05, 3.63) is 0 Å². The molecule has 0 fully saturated rings. The zero-order valence-corrected chi connectivity index (χ0v) is 11.9.